The predicted molar refractivity (Wildman–Crippen MR) is 56.1 cm³/mol. The van der Waals surface area contributed by atoms with Crippen LogP contribution in [0.15, 0.2) is 11.6 Å². The van der Waals surface area contributed by atoms with E-state index in [1.165, 1.54) is 11.4 Å². The van der Waals surface area contributed by atoms with E-state index in [0.29, 0.717) is 11.3 Å². The quantitative estimate of drug-likeness (QED) is 0.745. The van der Waals surface area contributed by atoms with Crippen LogP contribution in [0.25, 0.3) is 0 Å². The Labute approximate surface area is 83.4 Å². The molecule has 1 aromatic heterocycles. The van der Waals surface area contributed by atoms with Crippen molar-refractivity contribution in [2.75, 3.05) is 13.1 Å². The Hall–Kier alpha value is -0.410. The van der Waals surface area contributed by atoms with E-state index in [1.807, 2.05) is 6.20 Å². The fraction of sp³-hybridized carbons (Fsp3) is 0.700. The molecule has 1 fully saturated rings. The summed E-state index contributed by atoms with van der Waals surface area (Å²) in [6, 6.07) is 0. The highest BCUT2D eigenvalue weighted by molar-refractivity contribution is 7.09. The second kappa shape index (κ2) is 3.39. The molecule has 72 valence electrons. The molecule has 2 rings (SSSR count). The molecular weight excluding hydrogens is 180 g/mol. The second-order valence-electron chi connectivity index (χ2n) is 4.38. The summed E-state index contributed by atoms with van der Waals surface area (Å²) in [7, 11) is 0. The van der Waals surface area contributed by atoms with Crippen LogP contribution in [0.2, 0.25) is 0 Å². The average molecular weight is 196 g/mol. The summed E-state index contributed by atoms with van der Waals surface area (Å²) in [5.41, 5.74) is 0.357. The molecule has 1 saturated heterocycles. The molecule has 1 aromatic rings. The van der Waals surface area contributed by atoms with Crippen molar-refractivity contribution in [1.29, 1.82) is 0 Å². The number of nitrogens with one attached hydrogen (secondary N) is 1. The van der Waals surface area contributed by atoms with Crippen molar-refractivity contribution < 1.29 is 0 Å². The molecule has 1 unspecified atom stereocenters. The molecule has 1 aliphatic heterocycles. The van der Waals surface area contributed by atoms with Gasteiger partial charge < -0.3 is 5.32 Å². The van der Waals surface area contributed by atoms with Gasteiger partial charge in [-0.05, 0) is 18.4 Å². The Morgan fingerprint density at radius 2 is 2.46 bits per heavy atom. The fourth-order valence-electron chi connectivity index (χ4n) is 2.04. The molecule has 1 atom stereocenters. The van der Waals surface area contributed by atoms with Crippen LogP contribution in [0, 0.1) is 5.41 Å². The first-order chi connectivity index (χ1) is 6.20. The lowest BCUT2D eigenvalue weighted by molar-refractivity contribution is 0.218. The molecule has 2 heterocycles. The molecule has 0 bridgehead atoms. The Morgan fingerprint density at radius 3 is 3.08 bits per heavy atom. The minimum Gasteiger partial charge on any atom is -0.316 e. The minimum atomic E-state index is 0.357. The van der Waals surface area contributed by atoms with E-state index >= 15 is 0 Å². The van der Waals surface area contributed by atoms with Crippen molar-refractivity contribution >= 4 is 11.3 Å². The van der Waals surface area contributed by atoms with Crippen LogP contribution in [-0.2, 0) is 0 Å². The van der Waals surface area contributed by atoms with Crippen molar-refractivity contribution in [2.24, 2.45) is 5.41 Å². The summed E-state index contributed by atoms with van der Waals surface area (Å²) in [6.07, 6.45) is 3.14. The van der Waals surface area contributed by atoms with Crippen LogP contribution >= 0.6 is 11.3 Å². The molecule has 1 aliphatic rings. The summed E-state index contributed by atoms with van der Waals surface area (Å²) in [5.74, 6) is 0.647. The molecule has 1 N–H and O–H groups in total. The van der Waals surface area contributed by atoms with Gasteiger partial charge in [-0.2, -0.15) is 0 Å². The largest absolute Gasteiger partial charge is 0.316 e. The van der Waals surface area contributed by atoms with Crippen LogP contribution in [0.1, 0.15) is 31.2 Å². The van der Waals surface area contributed by atoms with Gasteiger partial charge in [-0.15, -0.1) is 11.3 Å². The zero-order chi connectivity index (χ0) is 9.31. The number of nitrogens with zero attached hydrogens (tertiary/aromatic N) is 1. The molecule has 2 nitrogen and oxygen atoms in total. The molecular formula is C10H16N2S. The third-order valence-electron chi connectivity index (χ3n) is 2.88. The van der Waals surface area contributed by atoms with Crippen LogP contribution in [-0.4, -0.2) is 18.1 Å². The van der Waals surface area contributed by atoms with Crippen LogP contribution in [0.4, 0.5) is 0 Å². The lowest BCUT2D eigenvalue weighted by atomic mass is 9.75. The number of thiazole rings is 1. The highest BCUT2D eigenvalue weighted by Crippen LogP contribution is 2.40. The molecule has 3 heteroatoms. The predicted octanol–water partition coefficient (Wildman–Crippen LogP) is 2.25. The third-order valence-corrected chi connectivity index (χ3v) is 3.77. The van der Waals surface area contributed by atoms with Gasteiger partial charge in [0.25, 0.3) is 0 Å². The monoisotopic (exact) mass is 196 g/mol. The van der Waals surface area contributed by atoms with Crippen LogP contribution in [0.3, 0.4) is 0 Å². The van der Waals surface area contributed by atoms with Gasteiger partial charge in [-0.25, -0.2) is 4.98 Å². The average Bonchev–Trinajstić information content (AvgIpc) is 2.55. The maximum Gasteiger partial charge on any atom is 0.0962 e. The summed E-state index contributed by atoms with van der Waals surface area (Å²) in [6.45, 7) is 6.89. The summed E-state index contributed by atoms with van der Waals surface area (Å²) >= 11 is 1.79. The smallest absolute Gasteiger partial charge is 0.0962 e. The third kappa shape index (κ3) is 1.76. The van der Waals surface area contributed by atoms with Crippen LogP contribution < -0.4 is 5.32 Å². The summed E-state index contributed by atoms with van der Waals surface area (Å²) in [4.78, 5) is 4.43. The van der Waals surface area contributed by atoms with Gasteiger partial charge in [0, 0.05) is 24.0 Å². The molecule has 0 amide bonds. The molecule has 0 radical (unpaired) electrons. The molecule has 13 heavy (non-hydrogen) atoms. The van der Waals surface area contributed by atoms with Gasteiger partial charge in [0.2, 0.25) is 0 Å². The Morgan fingerprint density at radius 1 is 1.62 bits per heavy atom. The first kappa shape index (κ1) is 9.16. The standard InChI is InChI=1S/C10H16N2S/c1-10(2)7-11-4-3-8(10)9-12-5-6-13-9/h5-6,8,11H,3-4,7H2,1-2H3. The van der Waals surface area contributed by atoms with Gasteiger partial charge in [0.05, 0.1) is 5.01 Å². The SMILES string of the molecule is CC1(C)CNCCC1c1nccs1. The normalized spacial score (nSPS) is 27.4. The minimum absolute atomic E-state index is 0.357. The van der Waals surface area contributed by atoms with Gasteiger partial charge in [-0.3, -0.25) is 0 Å². The maximum absolute atomic E-state index is 4.43. The van der Waals surface area contributed by atoms with E-state index in [4.69, 9.17) is 0 Å². The number of hydrogen-bond donors (Lipinski definition) is 1. The second-order valence-corrected chi connectivity index (χ2v) is 5.30. The van der Waals surface area contributed by atoms with Crippen molar-refractivity contribution in [2.45, 2.75) is 26.2 Å². The number of aromatic nitrogens is 1. The Balaban J connectivity index is 2.21. The van der Waals surface area contributed by atoms with Crippen molar-refractivity contribution in [1.82, 2.24) is 10.3 Å². The zero-order valence-electron chi connectivity index (χ0n) is 8.21. The Kier molecular flexibility index (Phi) is 2.39. The molecule has 0 spiro atoms. The molecule has 0 saturated carbocycles. The number of piperidine rings is 1. The van der Waals surface area contributed by atoms with Gasteiger partial charge in [0.15, 0.2) is 0 Å². The van der Waals surface area contributed by atoms with E-state index in [9.17, 15) is 0 Å². The first-order valence-corrected chi connectivity index (χ1v) is 5.68. The van der Waals surface area contributed by atoms with E-state index < -0.39 is 0 Å². The van der Waals surface area contributed by atoms with E-state index in [0.717, 1.165) is 13.1 Å². The van der Waals surface area contributed by atoms with Gasteiger partial charge in [0.1, 0.15) is 0 Å². The topological polar surface area (TPSA) is 24.9 Å². The lowest BCUT2D eigenvalue weighted by Gasteiger charge is -2.37. The zero-order valence-corrected chi connectivity index (χ0v) is 9.03. The van der Waals surface area contributed by atoms with Gasteiger partial charge in [-0.1, -0.05) is 13.8 Å². The van der Waals surface area contributed by atoms with Crippen molar-refractivity contribution in [3.8, 4) is 0 Å². The molecule has 0 aliphatic carbocycles. The first-order valence-electron chi connectivity index (χ1n) is 4.80. The maximum atomic E-state index is 4.43. The van der Waals surface area contributed by atoms with E-state index in [1.54, 1.807) is 11.3 Å². The number of rotatable bonds is 1. The highest BCUT2D eigenvalue weighted by Gasteiger charge is 2.34. The molecule has 0 aromatic carbocycles. The van der Waals surface area contributed by atoms with Crippen molar-refractivity contribution in [3.05, 3.63) is 16.6 Å². The highest BCUT2D eigenvalue weighted by atomic mass is 32.1. The summed E-state index contributed by atoms with van der Waals surface area (Å²) in [5, 5.41) is 6.83. The van der Waals surface area contributed by atoms with E-state index in [-0.39, 0.29) is 0 Å². The fourth-order valence-corrected chi connectivity index (χ4v) is 3.02. The Bertz CT molecular complexity index is 266. The van der Waals surface area contributed by atoms with E-state index in [2.05, 4.69) is 29.5 Å². The number of hydrogen-bond acceptors (Lipinski definition) is 3. The van der Waals surface area contributed by atoms with Gasteiger partial charge >= 0.3 is 0 Å². The summed E-state index contributed by atoms with van der Waals surface area (Å²) < 4.78 is 0. The van der Waals surface area contributed by atoms with Crippen molar-refractivity contribution in [3.63, 3.8) is 0 Å². The lowest BCUT2D eigenvalue weighted by Crippen LogP contribution is -2.41. The van der Waals surface area contributed by atoms with Crippen LogP contribution in [0.5, 0.6) is 0 Å².